The van der Waals surface area contributed by atoms with Crippen molar-refractivity contribution in [1.29, 1.82) is 0 Å². The summed E-state index contributed by atoms with van der Waals surface area (Å²) in [7, 11) is 0. The van der Waals surface area contributed by atoms with Crippen LogP contribution in [-0.4, -0.2) is 26.2 Å². The third kappa shape index (κ3) is 2.48. The van der Waals surface area contributed by atoms with Gasteiger partial charge in [-0.15, -0.1) is 0 Å². The molecule has 124 valence electrons. The van der Waals surface area contributed by atoms with E-state index in [9.17, 15) is 4.79 Å². The van der Waals surface area contributed by atoms with Crippen LogP contribution in [-0.2, 0) is 0 Å². The van der Waals surface area contributed by atoms with Gasteiger partial charge in [0.1, 0.15) is 5.76 Å². The van der Waals surface area contributed by atoms with Gasteiger partial charge in [0.25, 0.3) is 0 Å². The summed E-state index contributed by atoms with van der Waals surface area (Å²) in [5.41, 5.74) is 6.56. The lowest BCUT2D eigenvalue weighted by Gasteiger charge is -2.02. The van der Waals surface area contributed by atoms with Gasteiger partial charge in [-0.2, -0.15) is 0 Å². The van der Waals surface area contributed by atoms with E-state index in [-0.39, 0.29) is 5.56 Å². The van der Waals surface area contributed by atoms with E-state index in [2.05, 4.69) is 15.1 Å². The molecule has 0 unspecified atom stereocenters. The molecular formula is C19H15N3O3. The number of aromatic carboxylic acids is 1. The first-order chi connectivity index (χ1) is 12.0. The van der Waals surface area contributed by atoms with Crippen LogP contribution in [0, 0.1) is 13.8 Å². The fourth-order valence-electron chi connectivity index (χ4n) is 3.05. The highest BCUT2D eigenvalue weighted by molar-refractivity contribution is 5.95. The van der Waals surface area contributed by atoms with Gasteiger partial charge in [-0.25, -0.2) is 4.79 Å². The number of pyridine rings is 1. The highest BCUT2D eigenvalue weighted by Crippen LogP contribution is 2.32. The molecule has 0 aliphatic heterocycles. The summed E-state index contributed by atoms with van der Waals surface area (Å²) < 4.78 is 5.23. The second-order valence-corrected chi connectivity index (χ2v) is 5.90. The largest absolute Gasteiger partial charge is 0.478 e. The predicted molar refractivity (Wildman–Crippen MR) is 93.5 cm³/mol. The number of carbonyl (C=O) groups is 1. The first-order valence-electron chi connectivity index (χ1n) is 7.78. The van der Waals surface area contributed by atoms with Gasteiger partial charge in [0, 0.05) is 29.1 Å². The maximum absolute atomic E-state index is 11.0. The molecule has 0 radical (unpaired) electrons. The molecule has 6 heteroatoms. The molecule has 3 heterocycles. The Morgan fingerprint density at radius 1 is 1.16 bits per heavy atom. The zero-order chi connectivity index (χ0) is 17.6. The average Bonchev–Trinajstić information content (AvgIpc) is 3.17. The Balaban J connectivity index is 1.79. The minimum Gasteiger partial charge on any atom is -0.478 e. The summed E-state index contributed by atoms with van der Waals surface area (Å²) in [6, 6.07) is 8.78. The zero-order valence-electron chi connectivity index (χ0n) is 13.7. The lowest BCUT2D eigenvalue weighted by Crippen LogP contribution is -1.94. The van der Waals surface area contributed by atoms with Crippen molar-refractivity contribution < 1.29 is 14.4 Å². The van der Waals surface area contributed by atoms with Crippen molar-refractivity contribution in [2.45, 2.75) is 13.8 Å². The molecule has 0 bridgehead atoms. The number of carboxylic acid groups (broad SMARTS) is 1. The number of nitrogens with one attached hydrogen (secondary N) is 1. The maximum Gasteiger partial charge on any atom is 0.335 e. The monoisotopic (exact) mass is 333 g/mol. The molecule has 0 fully saturated rings. The second-order valence-electron chi connectivity index (χ2n) is 5.90. The molecule has 25 heavy (non-hydrogen) atoms. The molecule has 0 aliphatic carbocycles. The molecule has 1 aromatic carbocycles. The summed E-state index contributed by atoms with van der Waals surface area (Å²) in [4.78, 5) is 18.8. The molecule has 4 rings (SSSR count). The van der Waals surface area contributed by atoms with Crippen molar-refractivity contribution >= 4 is 17.0 Å². The van der Waals surface area contributed by atoms with Crippen LogP contribution in [0.2, 0.25) is 0 Å². The Labute approximate surface area is 143 Å². The van der Waals surface area contributed by atoms with E-state index in [1.807, 2.05) is 26.1 Å². The van der Waals surface area contributed by atoms with Crippen LogP contribution in [0.1, 0.15) is 21.8 Å². The number of H-pyrrole nitrogens is 1. The van der Waals surface area contributed by atoms with Crippen LogP contribution in [0.25, 0.3) is 33.3 Å². The quantitative estimate of drug-likeness (QED) is 0.586. The van der Waals surface area contributed by atoms with E-state index in [0.29, 0.717) is 0 Å². The van der Waals surface area contributed by atoms with Gasteiger partial charge >= 0.3 is 5.97 Å². The number of aromatic amines is 1. The van der Waals surface area contributed by atoms with Crippen molar-refractivity contribution in [1.82, 2.24) is 15.1 Å². The van der Waals surface area contributed by atoms with Gasteiger partial charge in [-0.3, -0.25) is 4.98 Å². The Morgan fingerprint density at radius 3 is 2.56 bits per heavy atom. The average molecular weight is 333 g/mol. The number of hydrogen-bond acceptors (Lipinski definition) is 4. The SMILES string of the molecule is Cc1noc(C)c1-c1cnc2c(-c3ccc(C(=O)O)cc3)c[nH]c2c1. The van der Waals surface area contributed by atoms with E-state index in [1.54, 1.807) is 30.5 Å². The second kappa shape index (κ2) is 5.59. The molecule has 0 atom stereocenters. The van der Waals surface area contributed by atoms with Crippen LogP contribution in [0.3, 0.4) is 0 Å². The summed E-state index contributed by atoms with van der Waals surface area (Å²) in [5.74, 6) is -0.178. The Bertz CT molecular complexity index is 1070. The third-order valence-electron chi connectivity index (χ3n) is 4.28. The van der Waals surface area contributed by atoms with Crippen molar-refractivity contribution in [3.63, 3.8) is 0 Å². The highest BCUT2D eigenvalue weighted by Gasteiger charge is 2.14. The van der Waals surface area contributed by atoms with Gasteiger partial charge in [-0.1, -0.05) is 17.3 Å². The summed E-state index contributed by atoms with van der Waals surface area (Å²) >= 11 is 0. The lowest BCUT2D eigenvalue weighted by atomic mass is 10.0. The van der Waals surface area contributed by atoms with Crippen molar-refractivity contribution in [3.8, 4) is 22.3 Å². The predicted octanol–water partition coefficient (Wildman–Crippen LogP) is 4.20. The molecule has 0 saturated carbocycles. The third-order valence-corrected chi connectivity index (χ3v) is 4.28. The topological polar surface area (TPSA) is 92.0 Å². The molecule has 0 spiro atoms. The van der Waals surface area contributed by atoms with E-state index in [0.717, 1.165) is 44.7 Å². The van der Waals surface area contributed by atoms with Crippen LogP contribution in [0.4, 0.5) is 0 Å². The molecular weight excluding hydrogens is 318 g/mol. The number of benzene rings is 1. The normalized spacial score (nSPS) is 11.1. The molecule has 0 aliphatic rings. The molecule has 2 N–H and O–H groups in total. The first-order valence-corrected chi connectivity index (χ1v) is 7.78. The van der Waals surface area contributed by atoms with E-state index >= 15 is 0 Å². The van der Waals surface area contributed by atoms with E-state index in [4.69, 9.17) is 9.63 Å². The van der Waals surface area contributed by atoms with Crippen LogP contribution in [0.15, 0.2) is 47.2 Å². The summed E-state index contributed by atoms with van der Waals surface area (Å²) in [6.45, 7) is 3.78. The van der Waals surface area contributed by atoms with Gasteiger partial charge in [0.2, 0.25) is 0 Å². The summed E-state index contributed by atoms with van der Waals surface area (Å²) in [6.07, 6.45) is 3.68. The summed E-state index contributed by atoms with van der Waals surface area (Å²) in [5, 5.41) is 13.0. The Hall–Kier alpha value is -3.41. The van der Waals surface area contributed by atoms with Gasteiger partial charge in [-0.05, 0) is 37.6 Å². The number of aryl methyl sites for hydroxylation is 2. The van der Waals surface area contributed by atoms with Crippen LogP contribution >= 0.6 is 0 Å². The Kier molecular flexibility index (Phi) is 3.39. The van der Waals surface area contributed by atoms with Crippen LogP contribution in [0.5, 0.6) is 0 Å². The zero-order valence-corrected chi connectivity index (χ0v) is 13.7. The van der Waals surface area contributed by atoms with Crippen molar-refractivity contribution in [3.05, 3.63) is 59.7 Å². The first kappa shape index (κ1) is 15.1. The minimum atomic E-state index is -0.937. The van der Waals surface area contributed by atoms with E-state index < -0.39 is 5.97 Å². The smallest absolute Gasteiger partial charge is 0.335 e. The number of rotatable bonds is 3. The highest BCUT2D eigenvalue weighted by atomic mass is 16.5. The van der Waals surface area contributed by atoms with Crippen LogP contribution < -0.4 is 0 Å². The number of aromatic nitrogens is 3. The number of nitrogens with zero attached hydrogens (tertiary/aromatic N) is 2. The standard InChI is InChI=1S/C19H15N3O3/c1-10-17(11(2)25-22-10)14-7-16-18(21-8-14)15(9-20-16)12-3-5-13(6-4-12)19(23)24/h3-9,20H,1-2H3,(H,23,24). The van der Waals surface area contributed by atoms with Gasteiger partial charge < -0.3 is 14.6 Å². The number of carboxylic acids is 1. The van der Waals surface area contributed by atoms with Crippen molar-refractivity contribution in [2.75, 3.05) is 0 Å². The molecule has 0 amide bonds. The number of fused-ring (bicyclic) bond motifs is 1. The molecule has 4 aromatic rings. The van der Waals surface area contributed by atoms with E-state index in [1.165, 1.54) is 0 Å². The fraction of sp³-hybridized carbons (Fsp3) is 0.105. The molecule has 0 saturated heterocycles. The van der Waals surface area contributed by atoms with Gasteiger partial charge in [0.15, 0.2) is 0 Å². The van der Waals surface area contributed by atoms with Gasteiger partial charge in [0.05, 0.1) is 22.3 Å². The van der Waals surface area contributed by atoms with Crippen molar-refractivity contribution in [2.24, 2.45) is 0 Å². The fourth-order valence-corrected chi connectivity index (χ4v) is 3.05. The maximum atomic E-state index is 11.0. The Morgan fingerprint density at radius 2 is 1.92 bits per heavy atom. The number of hydrogen-bond donors (Lipinski definition) is 2. The molecule has 3 aromatic heterocycles. The molecule has 6 nitrogen and oxygen atoms in total. The minimum absolute atomic E-state index is 0.261. The lowest BCUT2D eigenvalue weighted by molar-refractivity contribution is 0.0697.